The predicted molar refractivity (Wildman–Crippen MR) is 114 cm³/mol. The summed E-state index contributed by atoms with van der Waals surface area (Å²) in [6, 6.07) is 5.77. The number of halogens is 3. The van der Waals surface area contributed by atoms with Gasteiger partial charge in [-0.25, -0.2) is 0 Å². The maximum atomic E-state index is 13.3. The summed E-state index contributed by atoms with van der Waals surface area (Å²) in [5, 5.41) is 6.85. The van der Waals surface area contributed by atoms with Crippen LogP contribution in [0.4, 0.5) is 13.2 Å². The highest BCUT2D eigenvalue weighted by Gasteiger charge is 2.39. The zero-order valence-electron chi connectivity index (χ0n) is 19.0. The minimum atomic E-state index is -4.83. The number of hydrogen-bond donors (Lipinski definition) is 1. The minimum Gasteiger partial charge on any atom is -0.406 e. The van der Waals surface area contributed by atoms with Gasteiger partial charge in [0, 0.05) is 24.2 Å². The summed E-state index contributed by atoms with van der Waals surface area (Å²) < 4.78 is 46.7. The Morgan fingerprint density at radius 2 is 1.91 bits per heavy atom. The highest BCUT2D eigenvalue weighted by molar-refractivity contribution is 5.97. The third-order valence-corrected chi connectivity index (χ3v) is 5.24. The smallest absolute Gasteiger partial charge is 0.406 e. The van der Waals surface area contributed by atoms with Gasteiger partial charge in [0.15, 0.2) is 11.5 Å². The first-order chi connectivity index (χ1) is 15.4. The fourth-order valence-corrected chi connectivity index (χ4v) is 3.96. The number of benzene rings is 1. The van der Waals surface area contributed by atoms with Crippen LogP contribution >= 0.6 is 0 Å². The molecule has 0 unspecified atom stereocenters. The largest absolute Gasteiger partial charge is 0.573 e. The molecule has 7 nitrogen and oxygen atoms in total. The van der Waals surface area contributed by atoms with E-state index in [0.717, 1.165) is 18.6 Å². The summed E-state index contributed by atoms with van der Waals surface area (Å²) in [4.78, 5) is 27.6. The first kappa shape index (κ1) is 24.6. The molecule has 3 rings (SSSR count). The molecule has 1 aromatic carbocycles. The summed E-state index contributed by atoms with van der Waals surface area (Å²) in [5.74, 6) is -0.436. The maximum absolute atomic E-state index is 13.3. The van der Waals surface area contributed by atoms with E-state index in [4.69, 9.17) is 4.52 Å². The SMILES string of the molecule is CC(C)C[C@H]1CN(C(=O)c2cc(-c3cccc(OC(F)(F)F)c3)on2)[C@@H](CC(C)C)C(=O)N1. The van der Waals surface area contributed by atoms with Crippen molar-refractivity contribution in [2.75, 3.05) is 6.54 Å². The molecule has 0 aliphatic carbocycles. The van der Waals surface area contributed by atoms with Crippen molar-refractivity contribution in [3.05, 3.63) is 36.0 Å². The van der Waals surface area contributed by atoms with Gasteiger partial charge in [0.25, 0.3) is 5.91 Å². The molecule has 0 radical (unpaired) electrons. The number of amides is 2. The molecule has 1 aliphatic heterocycles. The zero-order chi connectivity index (χ0) is 24.3. The Morgan fingerprint density at radius 1 is 1.21 bits per heavy atom. The second-order valence-corrected chi connectivity index (χ2v) is 9.09. The van der Waals surface area contributed by atoms with Gasteiger partial charge in [0.2, 0.25) is 5.91 Å². The summed E-state index contributed by atoms with van der Waals surface area (Å²) in [7, 11) is 0. The van der Waals surface area contributed by atoms with Crippen LogP contribution < -0.4 is 10.1 Å². The van der Waals surface area contributed by atoms with E-state index in [1.54, 1.807) is 0 Å². The van der Waals surface area contributed by atoms with Gasteiger partial charge in [-0.2, -0.15) is 0 Å². The molecule has 2 aromatic rings. The molecule has 1 aliphatic rings. The molecule has 0 saturated carbocycles. The molecule has 1 N–H and O–H groups in total. The Hall–Kier alpha value is -3.04. The highest BCUT2D eigenvalue weighted by atomic mass is 19.4. The van der Waals surface area contributed by atoms with Gasteiger partial charge in [-0.05, 0) is 36.8 Å². The molecule has 1 fully saturated rings. The molecule has 2 amide bonds. The van der Waals surface area contributed by atoms with Crippen molar-refractivity contribution in [3.8, 4) is 17.1 Å². The lowest BCUT2D eigenvalue weighted by molar-refractivity contribution is -0.274. The van der Waals surface area contributed by atoms with E-state index < -0.39 is 24.1 Å². The van der Waals surface area contributed by atoms with Crippen LogP contribution in [0.5, 0.6) is 5.75 Å². The average molecular weight is 467 g/mol. The van der Waals surface area contributed by atoms with E-state index in [0.29, 0.717) is 18.9 Å². The number of rotatable bonds is 7. The van der Waals surface area contributed by atoms with Crippen molar-refractivity contribution in [2.24, 2.45) is 11.8 Å². The van der Waals surface area contributed by atoms with Crippen LogP contribution in [-0.4, -0.2) is 46.9 Å². The van der Waals surface area contributed by atoms with Crippen LogP contribution in [0.15, 0.2) is 34.9 Å². The standard InChI is InChI=1S/C23H28F3N3O4/c1-13(2)8-16-12-29(19(9-14(3)4)21(30)27-16)22(31)18-11-20(33-28-18)15-6-5-7-17(10-15)32-23(24,25)26/h5-7,10-11,13-14,16,19H,8-9,12H2,1-4H3,(H,27,30)/t16-,19-/m0/s1. The first-order valence-corrected chi connectivity index (χ1v) is 10.9. The second-order valence-electron chi connectivity index (χ2n) is 9.09. The van der Waals surface area contributed by atoms with Crippen molar-refractivity contribution in [2.45, 2.75) is 59.0 Å². The number of carbonyl (C=O) groups is 2. The fraction of sp³-hybridized carbons (Fsp3) is 0.522. The molecule has 1 aromatic heterocycles. The molecule has 1 saturated heterocycles. The van der Waals surface area contributed by atoms with Crippen LogP contribution in [0.3, 0.4) is 0 Å². The summed E-state index contributed by atoms with van der Waals surface area (Å²) >= 11 is 0. The van der Waals surface area contributed by atoms with Crippen LogP contribution in [0.1, 0.15) is 51.0 Å². The fourth-order valence-electron chi connectivity index (χ4n) is 3.96. The monoisotopic (exact) mass is 467 g/mol. The molecule has 2 heterocycles. The average Bonchev–Trinajstić information content (AvgIpc) is 3.18. The molecular formula is C23H28F3N3O4. The second kappa shape index (κ2) is 9.84. The number of piperazine rings is 1. The quantitative estimate of drug-likeness (QED) is 0.641. The highest BCUT2D eigenvalue weighted by Crippen LogP contribution is 2.29. The summed E-state index contributed by atoms with van der Waals surface area (Å²) in [6.45, 7) is 8.37. The van der Waals surface area contributed by atoms with E-state index in [1.165, 1.54) is 23.1 Å². The molecule has 10 heteroatoms. The van der Waals surface area contributed by atoms with Crippen LogP contribution in [0.2, 0.25) is 0 Å². The number of nitrogens with zero attached hydrogens (tertiary/aromatic N) is 2. The van der Waals surface area contributed by atoms with Crippen LogP contribution in [-0.2, 0) is 4.79 Å². The van der Waals surface area contributed by atoms with Gasteiger partial charge in [0.1, 0.15) is 11.8 Å². The Labute approximate surface area is 190 Å². The van der Waals surface area contributed by atoms with E-state index >= 15 is 0 Å². The summed E-state index contributed by atoms with van der Waals surface area (Å²) in [5.41, 5.74) is 0.259. The molecule has 0 spiro atoms. The number of alkyl halides is 3. The van der Waals surface area contributed by atoms with Crippen molar-refractivity contribution >= 4 is 11.8 Å². The number of ether oxygens (including phenoxy) is 1. The normalized spacial score (nSPS) is 19.2. The van der Waals surface area contributed by atoms with Gasteiger partial charge >= 0.3 is 6.36 Å². The molecule has 180 valence electrons. The molecule has 33 heavy (non-hydrogen) atoms. The Morgan fingerprint density at radius 3 is 2.55 bits per heavy atom. The van der Waals surface area contributed by atoms with Gasteiger partial charge in [-0.3, -0.25) is 9.59 Å². The van der Waals surface area contributed by atoms with Gasteiger partial charge < -0.3 is 19.5 Å². The Kier molecular flexibility index (Phi) is 7.34. The van der Waals surface area contributed by atoms with E-state index in [2.05, 4.69) is 15.2 Å². The van der Waals surface area contributed by atoms with Crippen LogP contribution in [0.25, 0.3) is 11.3 Å². The lowest BCUT2D eigenvalue weighted by Crippen LogP contribution is -2.62. The molecular weight excluding hydrogens is 439 g/mol. The minimum absolute atomic E-state index is 0.0149. The molecule has 0 bridgehead atoms. The number of carbonyl (C=O) groups excluding carboxylic acids is 2. The van der Waals surface area contributed by atoms with Crippen LogP contribution in [0, 0.1) is 11.8 Å². The van der Waals surface area contributed by atoms with E-state index in [9.17, 15) is 22.8 Å². The number of hydrogen-bond acceptors (Lipinski definition) is 5. The van der Waals surface area contributed by atoms with Crippen molar-refractivity contribution in [1.82, 2.24) is 15.4 Å². The number of nitrogens with one attached hydrogen (secondary N) is 1. The molecule has 2 atom stereocenters. The maximum Gasteiger partial charge on any atom is 0.573 e. The Balaban J connectivity index is 1.84. The van der Waals surface area contributed by atoms with Crippen molar-refractivity contribution < 1.29 is 32.0 Å². The summed E-state index contributed by atoms with van der Waals surface area (Å²) in [6.07, 6.45) is -3.61. The van der Waals surface area contributed by atoms with E-state index in [1.807, 2.05) is 27.7 Å². The lowest BCUT2D eigenvalue weighted by Gasteiger charge is -2.40. The first-order valence-electron chi connectivity index (χ1n) is 10.9. The lowest BCUT2D eigenvalue weighted by atomic mass is 9.94. The van der Waals surface area contributed by atoms with E-state index in [-0.39, 0.29) is 34.9 Å². The predicted octanol–water partition coefficient (Wildman–Crippen LogP) is 4.64. The third kappa shape index (κ3) is 6.49. The topological polar surface area (TPSA) is 84.7 Å². The van der Waals surface area contributed by atoms with Crippen molar-refractivity contribution in [1.29, 1.82) is 0 Å². The van der Waals surface area contributed by atoms with Gasteiger partial charge in [-0.1, -0.05) is 45.0 Å². The number of aromatic nitrogens is 1. The van der Waals surface area contributed by atoms with Crippen molar-refractivity contribution in [3.63, 3.8) is 0 Å². The van der Waals surface area contributed by atoms with Gasteiger partial charge in [0.05, 0.1) is 0 Å². The Bertz CT molecular complexity index is 987. The van der Waals surface area contributed by atoms with Gasteiger partial charge in [-0.15, -0.1) is 13.2 Å². The zero-order valence-corrected chi connectivity index (χ0v) is 19.0. The third-order valence-electron chi connectivity index (χ3n) is 5.24.